The molecule has 1 heterocycles. The lowest BCUT2D eigenvalue weighted by Gasteiger charge is -2.29. The molecule has 1 N–H and O–H groups in total. The number of sulfonamides is 1. The van der Waals surface area contributed by atoms with Crippen molar-refractivity contribution in [3.05, 3.63) is 23.3 Å². The van der Waals surface area contributed by atoms with Gasteiger partial charge in [0.05, 0.1) is 12.0 Å². The zero-order valence-electron chi connectivity index (χ0n) is 14.6. The number of hydrogen-bond donors (Lipinski definition) is 1. The van der Waals surface area contributed by atoms with Gasteiger partial charge in [-0.3, -0.25) is 0 Å². The van der Waals surface area contributed by atoms with Gasteiger partial charge in [0.25, 0.3) is 0 Å². The van der Waals surface area contributed by atoms with Crippen LogP contribution in [0, 0.1) is 13.8 Å². The monoisotopic (exact) mass is 340 g/mol. The number of nitrogens with one attached hydrogen (secondary N) is 1. The third-order valence-electron chi connectivity index (χ3n) is 4.32. The number of nitrogens with zero attached hydrogens (tertiary/aromatic N) is 1. The lowest BCUT2D eigenvalue weighted by molar-refractivity contribution is 0.215. The first-order valence-electron chi connectivity index (χ1n) is 8.23. The minimum absolute atomic E-state index is 0.111. The summed E-state index contributed by atoms with van der Waals surface area (Å²) in [4.78, 5) is 2.67. The fourth-order valence-corrected chi connectivity index (χ4v) is 4.71. The Bertz CT molecular complexity index is 637. The number of methoxy groups -OCH3 is 1. The summed E-state index contributed by atoms with van der Waals surface area (Å²) in [6, 6.07) is 3.35. The van der Waals surface area contributed by atoms with Crippen molar-refractivity contribution in [1.29, 1.82) is 0 Å². The van der Waals surface area contributed by atoms with Gasteiger partial charge >= 0.3 is 0 Å². The molecule has 2 rings (SSSR count). The van der Waals surface area contributed by atoms with Crippen LogP contribution >= 0.6 is 0 Å². The van der Waals surface area contributed by atoms with Crippen molar-refractivity contribution in [3.63, 3.8) is 0 Å². The summed E-state index contributed by atoms with van der Waals surface area (Å²) in [6.45, 7) is 8.46. The average Bonchev–Trinajstić information content (AvgIpc) is 2.49. The number of aryl methyl sites for hydroxylation is 2. The van der Waals surface area contributed by atoms with Crippen LogP contribution in [0.15, 0.2) is 17.0 Å². The first-order chi connectivity index (χ1) is 10.8. The van der Waals surface area contributed by atoms with Crippen molar-refractivity contribution < 1.29 is 13.2 Å². The molecule has 0 bridgehead atoms. The summed E-state index contributed by atoms with van der Waals surface area (Å²) < 4.78 is 33.4. The lowest BCUT2D eigenvalue weighted by atomic mass is 10.1. The number of piperidine rings is 1. The SMILES string of the molecule is COc1cc(C)c(S(=O)(=O)NC(C)CN2CCCCC2)cc1C. The molecule has 1 atom stereocenters. The van der Waals surface area contributed by atoms with E-state index in [-0.39, 0.29) is 6.04 Å². The van der Waals surface area contributed by atoms with E-state index >= 15 is 0 Å². The third-order valence-corrected chi connectivity index (χ3v) is 6.05. The summed E-state index contributed by atoms with van der Waals surface area (Å²) in [5.74, 6) is 0.711. The number of benzene rings is 1. The predicted octanol–water partition coefficient (Wildman–Crippen LogP) is 2.46. The van der Waals surface area contributed by atoms with E-state index < -0.39 is 10.0 Å². The summed E-state index contributed by atoms with van der Waals surface area (Å²) in [5.41, 5.74) is 1.52. The molecule has 0 spiro atoms. The highest BCUT2D eigenvalue weighted by atomic mass is 32.2. The molecule has 1 aromatic carbocycles. The molecule has 6 heteroatoms. The second-order valence-corrected chi connectivity index (χ2v) is 8.15. The molecule has 130 valence electrons. The first kappa shape index (κ1) is 18.2. The highest BCUT2D eigenvalue weighted by Crippen LogP contribution is 2.25. The fraction of sp³-hybridized carbons (Fsp3) is 0.647. The second-order valence-electron chi connectivity index (χ2n) is 6.47. The minimum Gasteiger partial charge on any atom is -0.496 e. The Balaban J connectivity index is 2.10. The molecule has 1 unspecified atom stereocenters. The number of rotatable bonds is 6. The zero-order valence-corrected chi connectivity index (χ0v) is 15.4. The van der Waals surface area contributed by atoms with Gasteiger partial charge in [0.15, 0.2) is 0 Å². The van der Waals surface area contributed by atoms with Crippen LogP contribution < -0.4 is 9.46 Å². The Kier molecular flexibility index (Phi) is 6.06. The third kappa shape index (κ3) is 4.68. The molecular weight excluding hydrogens is 312 g/mol. The van der Waals surface area contributed by atoms with E-state index in [1.54, 1.807) is 26.2 Å². The van der Waals surface area contributed by atoms with E-state index in [1.165, 1.54) is 19.3 Å². The molecule has 1 aliphatic heterocycles. The van der Waals surface area contributed by atoms with Gasteiger partial charge in [-0.05, 0) is 70.0 Å². The van der Waals surface area contributed by atoms with Crippen molar-refractivity contribution in [3.8, 4) is 5.75 Å². The van der Waals surface area contributed by atoms with E-state index in [9.17, 15) is 8.42 Å². The van der Waals surface area contributed by atoms with Crippen LogP contribution in [-0.4, -0.2) is 46.1 Å². The molecule has 1 aliphatic rings. The van der Waals surface area contributed by atoms with E-state index in [0.717, 1.165) is 25.2 Å². The predicted molar refractivity (Wildman–Crippen MR) is 92.5 cm³/mol. The van der Waals surface area contributed by atoms with Crippen molar-refractivity contribution in [2.75, 3.05) is 26.7 Å². The van der Waals surface area contributed by atoms with Crippen LogP contribution in [0.3, 0.4) is 0 Å². The van der Waals surface area contributed by atoms with Gasteiger partial charge < -0.3 is 9.64 Å². The van der Waals surface area contributed by atoms with Crippen LogP contribution in [0.25, 0.3) is 0 Å². The lowest BCUT2D eigenvalue weighted by Crippen LogP contribution is -2.43. The number of hydrogen-bond acceptors (Lipinski definition) is 4. The smallest absolute Gasteiger partial charge is 0.241 e. The molecule has 5 nitrogen and oxygen atoms in total. The number of likely N-dealkylation sites (tertiary alicyclic amines) is 1. The topological polar surface area (TPSA) is 58.6 Å². The second kappa shape index (κ2) is 7.64. The molecule has 0 amide bonds. The molecule has 23 heavy (non-hydrogen) atoms. The summed E-state index contributed by atoms with van der Waals surface area (Å²) in [5, 5.41) is 0. The highest BCUT2D eigenvalue weighted by molar-refractivity contribution is 7.89. The Morgan fingerprint density at radius 3 is 2.43 bits per heavy atom. The van der Waals surface area contributed by atoms with Crippen LogP contribution in [0.5, 0.6) is 5.75 Å². The maximum absolute atomic E-state index is 12.7. The molecule has 1 saturated heterocycles. The van der Waals surface area contributed by atoms with Gasteiger partial charge in [-0.15, -0.1) is 0 Å². The molecule has 0 radical (unpaired) electrons. The zero-order chi connectivity index (χ0) is 17.0. The van der Waals surface area contributed by atoms with Gasteiger partial charge in [0.1, 0.15) is 5.75 Å². The maximum Gasteiger partial charge on any atom is 0.241 e. The van der Waals surface area contributed by atoms with Gasteiger partial charge in [-0.25, -0.2) is 13.1 Å². The number of ether oxygens (including phenoxy) is 1. The van der Waals surface area contributed by atoms with Crippen molar-refractivity contribution in [1.82, 2.24) is 9.62 Å². The fourth-order valence-electron chi connectivity index (χ4n) is 3.17. The molecule has 1 aromatic rings. The summed E-state index contributed by atoms with van der Waals surface area (Å²) >= 11 is 0. The van der Waals surface area contributed by atoms with Crippen molar-refractivity contribution in [2.24, 2.45) is 0 Å². The van der Waals surface area contributed by atoms with Gasteiger partial charge in [0.2, 0.25) is 10.0 Å². The maximum atomic E-state index is 12.7. The standard InChI is InChI=1S/C17H28N2O3S/c1-13-11-17(14(2)10-16(13)22-4)23(20,21)18-15(3)12-19-8-6-5-7-9-19/h10-11,15,18H,5-9,12H2,1-4H3. The Morgan fingerprint density at radius 1 is 1.17 bits per heavy atom. The van der Waals surface area contributed by atoms with Crippen molar-refractivity contribution in [2.45, 2.75) is 51.0 Å². The van der Waals surface area contributed by atoms with Crippen LogP contribution in [-0.2, 0) is 10.0 Å². The summed E-state index contributed by atoms with van der Waals surface area (Å²) in [6.07, 6.45) is 3.69. The van der Waals surface area contributed by atoms with E-state index in [1.807, 2.05) is 13.8 Å². The minimum atomic E-state index is -3.52. The van der Waals surface area contributed by atoms with E-state index in [0.29, 0.717) is 16.2 Å². The molecule has 1 fully saturated rings. The van der Waals surface area contributed by atoms with Crippen LogP contribution in [0.1, 0.15) is 37.3 Å². The largest absolute Gasteiger partial charge is 0.496 e. The first-order valence-corrected chi connectivity index (χ1v) is 9.71. The molecule has 0 saturated carbocycles. The van der Waals surface area contributed by atoms with Crippen LogP contribution in [0.4, 0.5) is 0 Å². The summed E-state index contributed by atoms with van der Waals surface area (Å²) in [7, 11) is -1.93. The molecule has 0 aliphatic carbocycles. The Morgan fingerprint density at radius 2 is 1.83 bits per heavy atom. The molecular formula is C17H28N2O3S. The quantitative estimate of drug-likeness (QED) is 0.864. The molecule has 0 aromatic heterocycles. The van der Waals surface area contributed by atoms with E-state index in [4.69, 9.17) is 4.74 Å². The van der Waals surface area contributed by atoms with Gasteiger partial charge in [0, 0.05) is 12.6 Å². The Labute approximate surface area is 140 Å². The average molecular weight is 340 g/mol. The van der Waals surface area contributed by atoms with Crippen molar-refractivity contribution >= 4 is 10.0 Å². The van der Waals surface area contributed by atoms with Crippen LogP contribution in [0.2, 0.25) is 0 Å². The van der Waals surface area contributed by atoms with Gasteiger partial charge in [-0.2, -0.15) is 0 Å². The Hall–Kier alpha value is -1.11. The van der Waals surface area contributed by atoms with E-state index in [2.05, 4.69) is 9.62 Å². The normalized spacial score (nSPS) is 17.9. The van der Waals surface area contributed by atoms with Gasteiger partial charge in [-0.1, -0.05) is 6.42 Å². The highest BCUT2D eigenvalue weighted by Gasteiger charge is 2.22.